The first kappa shape index (κ1) is 16.8. The van der Waals surface area contributed by atoms with Crippen molar-refractivity contribution in [2.45, 2.75) is 24.0 Å². The van der Waals surface area contributed by atoms with Gasteiger partial charge in [0.2, 0.25) is 0 Å². The van der Waals surface area contributed by atoms with Crippen molar-refractivity contribution in [3.8, 4) is 0 Å². The molecule has 2 aliphatic heterocycles. The summed E-state index contributed by atoms with van der Waals surface area (Å²) < 4.78 is 39.6. The lowest BCUT2D eigenvalue weighted by Gasteiger charge is -2.31. The van der Waals surface area contributed by atoms with E-state index in [1.807, 2.05) is 0 Å². The molecule has 0 spiro atoms. The Morgan fingerprint density at radius 3 is 2.91 bits per heavy atom. The molecule has 5 atom stereocenters. The molecule has 0 saturated carbocycles. The van der Waals surface area contributed by atoms with Gasteiger partial charge in [-0.15, -0.1) is 0 Å². The molecule has 2 aliphatic rings. The van der Waals surface area contributed by atoms with Gasteiger partial charge in [0.1, 0.15) is 17.8 Å². The number of nitrogens with zero attached hydrogens (tertiary/aromatic N) is 1. The van der Waals surface area contributed by atoms with Gasteiger partial charge in [-0.1, -0.05) is 6.07 Å². The van der Waals surface area contributed by atoms with Gasteiger partial charge in [0.15, 0.2) is 6.23 Å². The fourth-order valence-electron chi connectivity index (χ4n) is 2.96. The molecule has 23 heavy (non-hydrogen) atoms. The average Bonchev–Trinajstić information content (AvgIpc) is 2.99. The highest BCUT2D eigenvalue weighted by Gasteiger charge is 2.64. The number of hydrogen-bond acceptors (Lipinski definition) is 7. The van der Waals surface area contributed by atoms with Crippen molar-refractivity contribution in [1.29, 1.82) is 0 Å². The van der Waals surface area contributed by atoms with E-state index in [1.165, 1.54) is 17.7 Å². The summed E-state index contributed by atoms with van der Waals surface area (Å²) in [5.74, 6) is 0. The summed E-state index contributed by atoms with van der Waals surface area (Å²) in [5, 5.41) is 0. The van der Waals surface area contributed by atoms with Gasteiger partial charge < -0.3 is 19.1 Å². The van der Waals surface area contributed by atoms with Gasteiger partial charge in [-0.05, 0) is 6.07 Å². The Morgan fingerprint density at radius 1 is 1.48 bits per heavy atom. The molecule has 9 nitrogen and oxygen atoms in total. The highest BCUT2D eigenvalue weighted by Crippen LogP contribution is 2.54. The predicted octanol–water partition coefficient (Wildman–Crippen LogP) is 0.293. The first-order valence-corrected chi connectivity index (χ1v) is 8.44. The maximum atomic E-state index is 12.0. The smallest absolute Gasteiger partial charge is 0.381 e. The fraction of sp³-hybridized carbons (Fsp3) is 0.615. The number of ether oxygens (including phenoxy) is 3. The van der Waals surface area contributed by atoms with Crippen LogP contribution in [-0.4, -0.2) is 54.7 Å². The van der Waals surface area contributed by atoms with Crippen LogP contribution in [0.4, 0.5) is 0 Å². The van der Waals surface area contributed by atoms with E-state index in [1.54, 1.807) is 18.3 Å². The summed E-state index contributed by atoms with van der Waals surface area (Å²) in [6.45, 7) is 0.202. The van der Waals surface area contributed by atoms with Gasteiger partial charge in [-0.2, -0.15) is 0 Å². The molecule has 10 heteroatoms. The molecule has 3 heterocycles. The van der Waals surface area contributed by atoms with E-state index in [9.17, 15) is 14.3 Å². The number of fused-ring (bicyclic) bond motifs is 2. The zero-order chi connectivity index (χ0) is 16.7. The summed E-state index contributed by atoms with van der Waals surface area (Å²) in [7, 11) is -1.71. The third-order valence-corrected chi connectivity index (χ3v) is 4.92. The van der Waals surface area contributed by atoms with Crippen molar-refractivity contribution >= 4 is 7.82 Å². The Bertz CT molecular complexity index is 678. The van der Waals surface area contributed by atoms with Gasteiger partial charge in [0.05, 0.1) is 13.2 Å². The molecule has 1 N–H and O–H groups in total. The minimum absolute atomic E-state index is 0.0793. The minimum atomic E-state index is -4.26. The number of phosphoric acid groups is 1. The zero-order valence-corrected chi connectivity index (χ0v) is 13.5. The van der Waals surface area contributed by atoms with Crippen molar-refractivity contribution < 1.29 is 32.7 Å². The first-order valence-electron chi connectivity index (χ1n) is 6.95. The maximum Gasteiger partial charge on any atom is 0.472 e. The van der Waals surface area contributed by atoms with Crippen molar-refractivity contribution in [3.63, 3.8) is 0 Å². The lowest BCUT2D eigenvalue weighted by molar-refractivity contribution is -0.190. The molecule has 0 aliphatic carbocycles. The van der Waals surface area contributed by atoms with Crippen LogP contribution in [-0.2, 0) is 27.8 Å². The number of pyridine rings is 1. The van der Waals surface area contributed by atoms with Crippen LogP contribution >= 0.6 is 7.82 Å². The van der Waals surface area contributed by atoms with E-state index in [0.29, 0.717) is 0 Å². The Morgan fingerprint density at radius 2 is 2.26 bits per heavy atom. The standard InChI is InChI=1S/C13H18NO8P/c1-18-7-13-8-20-10(11(13)22-23(16,17)19-2)12(21-13)14-6-4-3-5-9(14)15/h3-6,10-12H,7-8H2,1-2H3,(H,16,17)/t10-,11-,12-,13+/m1/s1. The second kappa shape index (κ2) is 6.10. The van der Waals surface area contributed by atoms with Crippen LogP contribution in [0.5, 0.6) is 0 Å². The molecular weight excluding hydrogens is 329 g/mol. The van der Waals surface area contributed by atoms with Crippen LogP contribution in [0.25, 0.3) is 0 Å². The predicted molar refractivity (Wildman–Crippen MR) is 76.9 cm³/mol. The molecule has 1 aromatic rings. The normalized spacial score (nSPS) is 35.3. The second-order valence-corrected chi connectivity index (χ2v) is 6.92. The zero-order valence-electron chi connectivity index (χ0n) is 12.7. The van der Waals surface area contributed by atoms with E-state index in [4.69, 9.17) is 18.7 Å². The summed E-state index contributed by atoms with van der Waals surface area (Å²) >= 11 is 0. The Labute approximate surface area is 132 Å². The molecule has 2 saturated heterocycles. The van der Waals surface area contributed by atoms with Crippen LogP contribution in [0, 0.1) is 0 Å². The second-order valence-electron chi connectivity index (χ2n) is 5.41. The SMILES string of the molecule is COC[C@@]12CO[C@@H]([C@H](n3ccccc3=O)O1)[C@H]2OP(=O)(O)OC. The quantitative estimate of drug-likeness (QED) is 0.732. The van der Waals surface area contributed by atoms with Crippen LogP contribution in [0.15, 0.2) is 29.2 Å². The molecule has 0 radical (unpaired) electrons. The number of methoxy groups -OCH3 is 1. The molecule has 0 amide bonds. The van der Waals surface area contributed by atoms with Crippen molar-refractivity contribution in [2.75, 3.05) is 27.4 Å². The van der Waals surface area contributed by atoms with Crippen LogP contribution in [0.2, 0.25) is 0 Å². The molecule has 1 aromatic heterocycles. The highest BCUT2D eigenvalue weighted by atomic mass is 31.2. The molecule has 1 unspecified atom stereocenters. The topological polar surface area (TPSA) is 105 Å². The van der Waals surface area contributed by atoms with Crippen LogP contribution < -0.4 is 5.56 Å². The Kier molecular flexibility index (Phi) is 4.45. The lowest BCUT2D eigenvalue weighted by Crippen LogP contribution is -2.45. The number of phosphoric ester groups is 1. The van der Waals surface area contributed by atoms with E-state index < -0.39 is 31.9 Å². The number of hydrogen-bond donors (Lipinski definition) is 1. The summed E-state index contributed by atoms with van der Waals surface area (Å²) in [6.07, 6.45) is -0.866. The van der Waals surface area contributed by atoms with Gasteiger partial charge in [-0.3, -0.25) is 18.4 Å². The fourth-order valence-corrected chi connectivity index (χ4v) is 3.64. The van der Waals surface area contributed by atoms with Gasteiger partial charge in [-0.25, -0.2) is 4.57 Å². The molecule has 2 bridgehead atoms. The van der Waals surface area contributed by atoms with Crippen molar-refractivity contribution in [1.82, 2.24) is 4.57 Å². The highest BCUT2D eigenvalue weighted by molar-refractivity contribution is 7.47. The van der Waals surface area contributed by atoms with E-state index in [2.05, 4.69) is 4.52 Å². The number of aromatic nitrogens is 1. The van der Waals surface area contributed by atoms with Crippen LogP contribution in [0.1, 0.15) is 6.23 Å². The average molecular weight is 347 g/mol. The molecule has 3 rings (SSSR count). The van der Waals surface area contributed by atoms with Gasteiger partial charge >= 0.3 is 7.82 Å². The largest absolute Gasteiger partial charge is 0.472 e. The third-order valence-electron chi connectivity index (χ3n) is 3.96. The van der Waals surface area contributed by atoms with Crippen molar-refractivity contribution in [3.05, 3.63) is 34.7 Å². The Balaban J connectivity index is 1.95. The van der Waals surface area contributed by atoms with E-state index in [0.717, 1.165) is 7.11 Å². The van der Waals surface area contributed by atoms with E-state index >= 15 is 0 Å². The molecular formula is C13H18NO8P. The maximum absolute atomic E-state index is 12.0. The summed E-state index contributed by atoms with van der Waals surface area (Å²) in [4.78, 5) is 21.7. The monoisotopic (exact) mass is 347 g/mol. The molecule has 128 valence electrons. The van der Waals surface area contributed by atoms with Crippen molar-refractivity contribution in [2.24, 2.45) is 0 Å². The summed E-state index contributed by atoms with van der Waals surface area (Å²) in [6, 6.07) is 4.68. The minimum Gasteiger partial charge on any atom is -0.381 e. The third kappa shape index (κ3) is 2.89. The van der Waals surface area contributed by atoms with E-state index in [-0.39, 0.29) is 18.8 Å². The Hall–Kier alpha value is -1.06. The van der Waals surface area contributed by atoms with Crippen LogP contribution in [0.3, 0.4) is 0 Å². The molecule has 0 aromatic carbocycles. The lowest BCUT2D eigenvalue weighted by atomic mass is 10.0. The number of rotatable bonds is 6. The van der Waals surface area contributed by atoms with Gasteiger partial charge in [0, 0.05) is 26.5 Å². The first-order chi connectivity index (χ1) is 10.9. The summed E-state index contributed by atoms with van der Waals surface area (Å²) in [5.41, 5.74) is -1.37. The van der Waals surface area contributed by atoms with Gasteiger partial charge in [0.25, 0.3) is 5.56 Å². The molecule has 2 fully saturated rings.